The Morgan fingerprint density at radius 1 is 1.07 bits per heavy atom. The average molecular weight is 215 g/mol. The number of hydrogen-bond acceptors (Lipinski definition) is 0. The summed E-state index contributed by atoms with van der Waals surface area (Å²) >= 11 is 6.00. The Labute approximate surface area is 93.4 Å². The third kappa shape index (κ3) is 1.96. The summed E-state index contributed by atoms with van der Waals surface area (Å²) in [5.74, 6) is 3.65. The molecule has 0 bridgehead atoms. The summed E-state index contributed by atoms with van der Waals surface area (Å²) in [7, 11) is 0. The SMILES string of the molecule is CC1(C)C(CCl)C1CC1CCCCC1. The molecule has 0 heterocycles. The van der Waals surface area contributed by atoms with Crippen molar-refractivity contribution in [2.24, 2.45) is 23.2 Å². The van der Waals surface area contributed by atoms with Crippen LogP contribution < -0.4 is 0 Å². The summed E-state index contributed by atoms with van der Waals surface area (Å²) in [6, 6.07) is 0. The number of rotatable bonds is 3. The van der Waals surface area contributed by atoms with Gasteiger partial charge in [-0.15, -0.1) is 11.6 Å². The van der Waals surface area contributed by atoms with E-state index in [2.05, 4.69) is 13.8 Å². The van der Waals surface area contributed by atoms with Crippen LogP contribution in [0, 0.1) is 23.2 Å². The van der Waals surface area contributed by atoms with Crippen molar-refractivity contribution in [3.63, 3.8) is 0 Å². The summed E-state index contributed by atoms with van der Waals surface area (Å²) < 4.78 is 0. The lowest BCUT2D eigenvalue weighted by Crippen LogP contribution is -2.08. The molecule has 2 fully saturated rings. The first-order chi connectivity index (χ1) is 6.66. The van der Waals surface area contributed by atoms with E-state index in [1.165, 1.54) is 38.5 Å². The second kappa shape index (κ2) is 4.04. The van der Waals surface area contributed by atoms with Crippen molar-refractivity contribution in [1.29, 1.82) is 0 Å². The molecule has 82 valence electrons. The maximum Gasteiger partial charge on any atom is 0.0259 e. The summed E-state index contributed by atoms with van der Waals surface area (Å²) in [4.78, 5) is 0. The molecule has 0 aliphatic heterocycles. The maximum atomic E-state index is 6.00. The highest BCUT2D eigenvalue weighted by molar-refractivity contribution is 6.18. The standard InChI is InChI=1S/C13H23Cl/c1-13(2)11(12(13)9-14)8-10-6-4-3-5-7-10/h10-12H,3-9H2,1-2H3. The van der Waals surface area contributed by atoms with Crippen molar-refractivity contribution in [1.82, 2.24) is 0 Å². The van der Waals surface area contributed by atoms with Crippen molar-refractivity contribution >= 4 is 11.6 Å². The molecule has 0 amide bonds. The fourth-order valence-corrected chi connectivity index (χ4v) is 4.03. The van der Waals surface area contributed by atoms with E-state index in [1.807, 2.05) is 0 Å². The lowest BCUT2D eigenvalue weighted by atomic mass is 9.84. The zero-order valence-electron chi connectivity index (χ0n) is 9.56. The van der Waals surface area contributed by atoms with Gasteiger partial charge in [-0.2, -0.15) is 0 Å². The van der Waals surface area contributed by atoms with Gasteiger partial charge >= 0.3 is 0 Å². The highest BCUT2D eigenvalue weighted by Crippen LogP contribution is 2.61. The molecule has 0 aromatic rings. The van der Waals surface area contributed by atoms with E-state index in [9.17, 15) is 0 Å². The molecule has 0 spiro atoms. The molecule has 0 radical (unpaired) electrons. The normalized spacial score (nSPS) is 37.1. The van der Waals surface area contributed by atoms with Gasteiger partial charge in [0.2, 0.25) is 0 Å². The van der Waals surface area contributed by atoms with Crippen LogP contribution in [0.1, 0.15) is 52.4 Å². The number of alkyl halides is 1. The van der Waals surface area contributed by atoms with Gasteiger partial charge in [0.15, 0.2) is 0 Å². The maximum absolute atomic E-state index is 6.00. The summed E-state index contributed by atoms with van der Waals surface area (Å²) in [6.07, 6.45) is 8.86. The molecule has 0 nitrogen and oxygen atoms in total. The first kappa shape index (κ1) is 10.8. The average Bonchev–Trinajstić information content (AvgIpc) is 2.69. The fraction of sp³-hybridized carbons (Fsp3) is 1.00. The molecule has 2 rings (SSSR count). The Balaban J connectivity index is 1.81. The summed E-state index contributed by atoms with van der Waals surface area (Å²) in [5.41, 5.74) is 0.555. The van der Waals surface area contributed by atoms with E-state index in [-0.39, 0.29) is 0 Å². The van der Waals surface area contributed by atoms with E-state index in [4.69, 9.17) is 11.6 Å². The number of hydrogen-bond donors (Lipinski definition) is 0. The molecule has 2 aliphatic rings. The van der Waals surface area contributed by atoms with Gasteiger partial charge in [-0.1, -0.05) is 46.0 Å². The van der Waals surface area contributed by atoms with Crippen LogP contribution in [-0.4, -0.2) is 5.88 Å². The minimum atomic E-state index is 0.555. The molecular weight excluding hydrogens is 192 g/mol. The van der Waals surface area contributed by atoms with Crippen LogP contribution in [0.5, 0.6) is 0 Å². The molecule has 2 unspecified atom stereocenters. The first-order valence-corrected chi connectivity index (χ1v) is 6.75. The molecular formula is C13H23Cl. The van der Waals surface area contributed by atoms with Crippen molar-refractivity contribution in [3.05, 3.63) is 0 Å². The molecule has 2 aliphatic carbocycles. The highest BCUT2D eigenvalue weighted by Gasteiger charge is 2.56. The zero-order chi connectivity index (χ0) is 10.2. The Morgan fingerprint density at radius 2 is 1.71 bits per heavy atom. The molecule has 0 aromatic heterocycles. The lowest BCUT2D eigenvalue weighted by Gasteiger charge is -2.21. The monoisotopic (exact) mass is 214 g/mol. The molecule has 0 N–H and O–H groups in total. The van der Waals surface area contributed by atoms with E-state index >= 15 is 0 Å². The second-order valence-electron chi connectivity index (χ2n) is 5.93. The van der Waals surface area contributed by atoms with Crippen LogP contribution in [0.4, 0.5) is 0 Å². The van der Waals surface area contributed by atoms with Crippen LogP contribution in [0.3, 0.4) is 0 Å². The summed E-state index contributed by atoms with van der Waals surface area (Å²) in [6.45, 7) is 4.79. The minimum absolute atomic E-state index is 0.555. The van der Waals surface area contributed by atoms with Crippen LogP contribution >= 0.6 is 11.6 Å². The van der Waals surface area contributed by atoms with Gasteiger partial charge in [0, 0.05) is 5.88 Å². The smallest absolute Gasteiger partial charge is 0.0259 e. The van der Waals surface area contributed by atoms with Gasteiger partial charge in [0.1, 0.15) is 0 Å². The third-order valence-corrected chi connectivity index (χ3v) is 5.10. The molecule has 14 heavy (non-hydrogen) atoms. The van der Waals surface area contributed by atoms with Gasteiger partial charge in [0.05, 0.1) is 0 Å². The topological polar surface area (TPSA) is 0 Å². The van der Waals surface area contributed by atoms with Crippen LogP contribution in [0.15, 0.2) is 0 Å². The molecule has 0 aromatic carbocycles. The quantitative estimate of drug-likeness (QED) is 0.609. The van der Waals surface area contributed by atoms with Gasteiger partial charge < -0.3 is 0 Å². The Morgan fingerprint density at radius 3 is 2.21 bits per heavy atom. The van der Waals surface area contributed by atoms with E-state index < -0.39 is 0 Å². The Kier molecular flexibility index (Phi) is 3.12. The predicted molar refractivity (Wildman–Crippen MR) is 62.7 cm³/mol. The van der Waals surface area contributed by atoms with Gasteiger partial charge in [0.25, 0.3) is 0 Å². The van der Waals surface area contributed by atoms with Gasteiger partial charge in [-0.3, -0.25) is 0 Å². The van der Waals surface area contributed by atoms with Crippen molar-refractivity contribution in [2.45, 2.75) is 52.4 Å². The molecule has 0 saturated heterocycles. The number of halogens is 1. The Hall–Kier alpha value is 0.290. The van der Waals surface area contributed by atoms with E-state index in [0.717, 1.165) is 23.6 Å². The van der Waals surface area contributed by atoms with Crippen molar-refractivity contribution in [2.75, 3.05) is 5.88 Å². The molecule has 1 heteroatoms. The van der Waals surface area contributed by atoms with Crippen molar-refractivity contribution in [3.8, 4) is 0 Å². The largest absolute Gasteiger partial charge is 0.126 e. The van der Waals surface area contributed by atoms with Crippen molar-refractivity contribution < 1.29 is 0 Å². The molecule has 2 atom stereocenters. The first-order valence-electron chi connectivity index (χ1n) is 6.22. The zero-order valence-corrected chi connectivity index (χ0v) is 10.3. The van der Waals surface area contributed by atoms with E-state index in [0.29, 0.717) is 5.41 Å². The fourth-order valence-electron chi connectivity index (χ4n) is 3.41. The third-order valence-electron chi connectivity index (χ3n) is 4.77. The second-order valence-corrected chi connectivity index (χ2v) is 6.24. The highest BCUT2D eigenvalue weighted by atomic mass is 35.5. The van der Waals surface area contributed by atoms with Crippen LogP contribution in [-0.2, 0) is 0 Å². The van der Waals surface area contributed by atoms with Gasteiger partial charge in [-0.25, -0.2) is 0 Å². The predicted octanol–water partition coefficient (Wildman–Crippen LogP) is 4.47. The Bertz CT molecular complexity index is 191. The van der Waals surface area contributed by atoms with Crippen LogP contribution in [0.2, 0.25) is 0 Å². The van der Waals surface area contributed by atoms with Gasteiger partial charge in [-0.05, 0) is 29.6 Å². The van der Waals surface area contributed by atoms with Crippen LogP contribution in [0.25, 0.3) is 0 Å². The van der Waals surface area contributed by atoms with E-state index in [1.54, 1.807) is 0 Å². The molecule has 2 saturated carbocycles. The summed E-state index contributed by atoms with van der Waals surface area (Å²) in [5, 5.41) is 0. The lowest BCUT2D eigenvalue weighted by molar-refractivity contribution is 0.309. The minimum Gasteiger partial charge on any atom is -0.126 e.